The number of carboxylic acids is 1. The monoisotopic (exact) mass is 200 g/mol. The summed E-state index contributed by atoms with van der Waals surface area (Å²) in [7, 11) is 0. The van der Waals surface area contributed by atoms with Gasteiger partial charge >= 0.3 is 5.97 Å². The highest BCUT2D eigenvalue weighted by atomic mass is 16.5. The molecular formula is C11H20O3. The maximum absolute atomic E-state index is 11.0. The number of hydrogen-bond donors (Lipinski definition) is 1. The van der Waals surface area contributed by atoms with E-state index in [1.54, 1.807) is 6.92 Å². The number of ether oxygens (including phenoxy) is 1. The van der Waals surface area contributed by atoms with Gasteiger partial charge in [-0.25, -0.2) is 0 Å². The van der Waals surface area contributed by atoms with Crippen LogP contribution in [0.3, 0.4) is 0 Å². The predicted octanol–water partition coefficient (Wildman–Crippen LogP) is 2.30. The highest BCUT2D eigenvalue weighted by molar-refractivity contribution is 5.74. The zero-order valence-corrected chi connectivity index (χ0v) is 9.08. The standard InChI is InChI=1S/C11H20O3/c1-3-6-11(2,10(12)13)8-14-7-9-4-5-9/h9H,3-8H2,1-2H3,(H,12,13). The van der Waals surface area contributed by atoms with Crippen LogP contribution >= 0.6 is 0 Å². The Morgan fingerprint density at radius 2 is 2.21 bits per heavy atom. The van der Waals surface area contributed by atoms with E-state index in [1.165, 1.54) is 12.8 Å². The van der Waals surface area contributed by atoms with E-state index in [1.807, 2.05) is 6.92 Å². The summed E-state index contributed by atoms with van der Waals surface area (Å²) in [6, 6.07) is 0. The van der Waals surface area contributed by atoms with Gasteiger partial charge < -0.3 is 9.84 Å². The minimum absolute atomic E-state index is 0.354. The third-order valence-electron chi connectivity index (χ3n) is 2.79. The molecule has 1 aliphatic carbocycles. The molecule has 1 atom stereocenters. The molecule has 1 unspecified atom stereocenters. The lowest BCUT2D eigenvalue weighted by molar-refractivity contribution is -0.152. The van der Waals surface area contributed by atoms with Gasteiger partial charge in [-0.05, 0) is 32.1 Å². The normalized spacial score (nSPS) is 20.4. The lowest BCUT2D eigenvalue weighted by Gasteiger charge is -2.23. The Bertz CT molecular complexity index is 199. The lowest BCUT2D eigenvalue weighted by atomic mass is 9.87. The van der Waals surface area contributed by atoms with Gasteiger partial charge in [0.1, 0.15) is 0 Å². The van der Waals surface area contributed by atoms with Gasteiger partial charge in [0.05, 0.1) is 12.0 Å². The number of carbonyl (C=O) groups is 1. The zero-order valence-electron chi connectivity index (χ0n) is 9.08. The van der Waals surface area contributed by atoms with Crippen molar-refractivity contribution in [1.82, 2.24) is 0 Å². The van der Waals surface area contributed by atoms with E-state index in [-0.39, 0.29) is 0 Å². The third-order valence-corrected chi connectivity index (χ3v) is 2.79. The van der Waals surface area contributed by atoms with Gasteiger partial charge in [0.2, 0.25) is 0 Å². The molecule has 0 amide bonds. The lowest BCUT2D eigenvalue weighted by Crippen LogP contribution is -2.33. The van der Waals surface area contributed by atoms with Crippen molar-refractivity contribution in [2.24, 2.45) is 11.3 Å². The molecule has 1 rings (SSSR count). The molecule has 0 saturated heterocycles. The van der Waals surface area contributed by atoms with Gasteiger partial charge in [0.25, 0.3) is 0 Å². The molecule has 1 N–H and O–H groups in total. The average Bonchev–Trinajstić information content (AvgIpc) is 2.88. The van der Waals surface area contributed by atoms with Crippen molar-refractivity contribution in [3.8, 4) is 0 Å². The van der Waals surface area contributed by atoms with Crippen LogP contribution in [0.15, 0.2) is 0 Å². The molecule has 0 radical (unpaired) electrons. The summed E-state index contributed by atoms with van der Waals surface area (Å²) in [5.74, 6) is -0.0372. The van der Waals surface area contributed by atoms with E-state index in [2.05, 4.69) is 0 Å². The molecule has 0 bridgehead atoms. The van der Waals surface area contributed by atoms with E-state index in [0.717, 1.165) is 13.0 Å². The number of hydrogen-bond acceptors (Lipinski definition) is 2. The van der Waals surface area contributed by atoms with E-state index in [9.17, 15) is 4.79 Å². The van der Waals surface area contributed by atoms with Crippen molar-refractivity contribution in [3.05, 3.63) is 0 Å². The average molecular weight is 200 g/mol. The van der Waals surface area contributed by atoms with Crippen molar-refractivity contribution in [3.63, 3.8) is 0 Å². The van der Waals surface area contributed by atoms with Crippen molar-refractivity contribution in [2.45, 2.75) is 39.5 Å². The quantitative estimate of drug-likeness (QED) is 0.686. The van der Waals surface area contributed by atoms with Gasteiger partial charge in [0.15, 0.2) is 0 Å². The summed E-state index contributed by atoms with van der Waals surface area (Å²) < 4.78 is 5.46. The van der Waals surface area contributed by atoms with Crippen molar-refractivity contribution < 1.29 is 14.6 Å². The SMILES string of the molecule is CCCC(C)(COCC1CC1)C(=O)O. The summed E-state index contributed by atoms with van der Waals surface area (Å²) in [6.45, 7) is 4.87. The molecule has 0 aromatic carbocycles. The Morgan fingerprint density at radius 1 is 1.57 bits per heavy atom. The van der Waals surface area contributed by atoms with Gasteiger partial charge in [0, 0.05) is 6.61 Å². The highest BCUT2D eigenvalue weighted by Gasteiger charge is 2.33. The first kappa shape index (κ1) is 11.5. The van der Waals surface area contributed by atoms with Crippen LogP contribution < -0.4 is 0 Å². The minimum Gasteiger partial charge on any atom is -0.481 e. The summed E-state index contributed by atoms with van der Waals surface area (Å²) in [6.07, 6.45) is 4.07. The van der Waals surface area contributed by atoms with Crippen LogP contribution in [0.2, 0.25) is 0 Å². The molecule has 14 heavy (non-hydrogen) atoms. The number of carboxylic acid groups (broad SMARTS) is 1. The molecule has 0 spiro atoms. The Kier molecular flexibility index (Phi) is 3.93. The van der Waals surface area contributed by atoms with Gasteiger partial charge in [-0.3, -0.25) is 4.79 Å². The van der Waals surface area contributed by atoms with Crippen LogP contribution in [0.1, 0.15) is 39.5 Å². The predicted molar refractivity (Wildman–Crippen MR) is 54.2 cm³/mol. The first-order valence-electron chi connectivity index (χ1n) is 5.39. The molecule has 0 aromatic heterocycles. The van der Waals surface area contributed by atoms with Crippen LogP contribution in [0, 0.1) is 11.3 Å². The summed E-state index contributed by atoms with van der Waals surface area (Å²) >= 11 is 0. The number of rotatable bonds is 7. The van der Waals surface area contributed by atoms with Crippen LogP contribution in [0.4, 0.5) is 0 Å². The topological polar surface area (TPSA) is 46.5 Å². The highest BCUT2D eigenvalue weighted by Crippen LogP contribution is 2.30. The van der Waals surface area contributed by atoms with Crippen LogP contribution in [0.25, 0.3) is 0 Å². The summed E-state index contributed by atoms with van der Waals surface area (Å²) in [5, 5.41) is 9.06. The second kappa shape index (κ2) is 4.78. The maximum atomic E-state index is 11.0. The van der Waals surface area contributed by atoms with E-state index >= 15 is 0 Å². The fourth-order valence-corrected chi connectivity index (χ4v) is 1.53. The second-order valence-electron chi connectivity index (χ2n) is 4.57. The first-order chi connectivity index (χ1) is 6.58. The van der Waals surface area contributed by atoms with Crippen LogP contribution in [-0.4, -0.2) is 24.3 Å². The van der Waals surface area contributed by atoms with Crippen molar-refractivity contribution >= 4 is 5.97 Å². The number of aliphatic carboxylic acids is 1. The molecule has 0 aromatic rings. The molecule has 82 valence electrons. The molecule has 3 nitrogen and oxygen atoms in total. The van der Waals surface area contributed by atoms with Gasteiger partial charge in [-0.2, -0.15) is 0 Å². The molecule has 0 heterocycles. The van der Waals surface area contributed by atoms with Gasteiger partial charge in [-0.1, -0.05) is 13.3 Å². The Labute approximate surface area is 85.5 Å². The fourth-order valence-electron chi connectivity index (χ4n) is 1.53. The molecule has 1 saturated carbocycles. The van der Waals surface area contributed by atoms with Crippen LogP contribution in [0.5, 0.6) is 0 Å². The maximum Gasteiger partial charge on any atom is 0.311 e. The molecule has 1 aliphatic rings. The van der Waals surface area contributed by atoms with Crippen molar-refractivity contribution in [2.75, 3.05) is 13.2 Å². The molecule has 0 aliphatic heterocycles. The largest absolute Gasteiger partial charge is 0.481 e. The Balaban J connectivity index is 2.28. The molecule has 3 heteroatoms. The smallest absolute Gasteiger partial charge is 0.311 e. The van der Waals surface area contributed by atoms with E-state index in [4.69, 9.17) is 9.84 Å². The van der Waals surface area contributed by atoms with Gasteiger partial charge in [-0.15, -0.1) is 0 Å². The minimum atomic E-state index is -0.741. The zero-order chi connectivity index (χ0) is 10.6. The third kappa shape index (κ3) is 3.29. The summed E-state index contributed by atoms with van der Waals surface area (Å²) in [4.78, 5) is 11.0. The Morgan fingerprint density at radius 3 is 2.64 bits per heavy atom. The summed E-state index contributed by atoms with van der Waals surface area (Å²) in [5.41, 5.74) is -0.691. The van der Waals surface area contributed by atoms with E-state index in [0.29, 0.717) is 18.9 Å². The van der Waals surface area contributed by atoms with Crippen molar-refractivity contribution in [1.29, 1.82) is 0 Å². The van der Waals surface area contributed by atoms with E-state index < -0.39 is 11.4 Å². The Hall–Kier alpha value is -0.570. The molecule has 1 fully saturated rings. The molecular weight excluding hydrogens is 180 g/mol. The van der Waals surface area contributed by atoms with Crippen LogP contribution in [-0.2, 0) is 9.53 Å². The fraction of sp³-hybridized carbons (Fsp3) is 0.909. The second-order valence-corrected chi connectivity index (χ2v) is 4.57. The first-order valence-corrected chi connectivity index (χ1v) is 5.39.